The number of nitrogens with two attached hydrogens (primary N) is 1. The fraction of sp³-hybridized carbons (Fsp3) is 0. The van der Waals surface area contributed by atoms with Gasteiger partial charge in [0, 0.05) is 50.5 Å². The van der Waals surface area contributed by atoms with Crippen molar-refractivity contribution in [2.75, 3.05) is 15.8 Å². The number of nitrogen functional groups attached to an aromatic ring is 1. The van der Waals surface area contributed by atoms with Gasteiger partial charge in [0.1, 0.15) is 40.5 Å². The van der Waals surface area contributed by atoms with Crippen molar-refractivity contribution in [2.45, 2.75) is 24.5 Å². The number of aromatic nitrogens is 11. The zero-order chi connectivity index (χ0) is 53.3. The molecule has 0 atom stereocenters. The molecule has 2 aliphatic rings. The SMILES string of the molecule is Nc1nc(Cl)nc(Nc2ccc(S(=O)(=O)[O-])c(NS(=O)(=O)c3ccc4c(c3)-c3nc-4nc4[n-]c(nc5nc(nc6[n-]c(n3)c3cc(S(=O)(=O)[O-])ccc63)-c3ccc(S(=O)(=O)[O-])cc3-5)c3cc(S(=O)(=O)[O-])ccc43)c2)n1.[Cu+2].[Na+].[Na+].[Na+].[Na+]. The second-order valence-corrected chi connectivity index (χ2v) is 23.4. The number of fused-ring (bicyclic) bond motifs is 20. The van der Waals surface area contributed by atoms with E-state index in [1.165, 1.54) is 24.3 Å². The quantitative estimate of drug-likeness (QED) is 0.0892. The number of benzene rings is 5. The van der Waals surface area contributed by atoms with Crippen molar-refractivity contribution in [3.8, 4) is 45.6 Å². The van der Waals surface area contributed by atoms with Crippen molar-refractivity contribution in [1.82, 2.24) is 54.8 Å². The van der Waals surface area contributed by atoms with Crippen LogP contribution in [0, 0.1) is 0 Å². The van der Waals surface area contributed by atoms with Crippen molar-refractivity contribution in [1.29, 1.82) is 0 Å². The van der Waals surface area contributed by atoms with Crippen molar-refractivity contribution in [2.24, 2.45) is 0 Å². The van der Waals surface area contributed by atoms with Gasteiger partial charge in [-0.1, -0.05) is 24.3 Å². The minimum Gasteiger partial charge on any atom is -0.744 e. The molecule has 0 fully saturated rings. The van der Waals surface area contributed by atoms with Crippen LogP contribution >= 0.6 is 11.6 Å². The van der Waals surface area contributed by atoms with Crippen LogP contribution < -0.4 is 144 Å². The monoisotopic (exact) mass is 1280 g/mol. The average molecular weight is 1280 g/mol. The summed E-state index contributed by atoms with van der Waals surface area (Å²) in [7, 11) is -25.6. The van der Waals surface area contributed by atoms with Crippen LogP contribution in [-0.4, -0.2) is 105 Å². The van der Waals surface area contributed by atoms with E-state index in [1.54, 1.807) is 0 Å². The Hall–Kier alpha value is -3.73. The molecule has 28 nitrogen and oxygen atoms in total. The molecule has 80 heavy (non-hydrogen) atoms. The summed E-state index contributed by atoms with van der Waals surface area (Å²) < 4.78 is 178. The molecule has 0 amide bonds. The summed E-state index contributed by atoms with van der Waals surface area (Å²) in [6.45, 7) is 0. The van der Waals surface area contributed by atoms with Crippen molar-refractivity contribution >= 4 is 130 Å². The first-order chi connectivity index (χ1) is 35.2. The molecule has 6 heterocycles. The normalized spacial score (nSPS) is 12.1. The fourth-order valence-electron chi connectivity index (χ4n) is 7.87. The predicted octanol–water partition coefficient (Wildman–Crippen LogP) is -9.28. The van der Waals surface area contributed by atoms with E-state index in [1.807, 2.05) is 0 Å². The van der Waals surface area contributed by atoms with Crippen LogP contribution in [0.25, 0.3) is 89.7 Å². The Morgan fingerprint density at radius 3 is 1.30 bits per heavy atom. The summed E-state index contributed by atoms with van der Waals surface area (Å²) in [6.07, 6.45) is 0. The maximum atomic E-state index is 14.3. The smallest absolute Gasteiger partial charge is 0.744 e. The Morgan fingerprint density at radius 1 is 0.438 bits per heavy atom. The van der Waals surface area contributed by atoms with Gasteiger partial charge in [0.2, 0.25) is 17.2 Å². The molecule has 0 aliphatic carbocycles. The molecular weight excluding hydrogens is 1260 g/mol. The van der Waals surface area contributed by atoms with Crippen LogP contribution in [0.4, 0.5) is 23.3 Å². The summed E-state index contributed by atoms with van der Waals surface area (Å²) in [5, 5.41) is 2.20. The number of hydrogen-bond donors (Lipinski definition) is 3. The molecular formula is C41H19ClCuN14Na4O14S5. The van der Waals surface area contributed by atoms with E-state index in [0.717, 1.165) is 66.7 Å². The van der Waals surface area contributed by atoms with Crippen molar-refractivity contribution in [3.05, 3.63) is 96.3 Å². The van der Waals surface area contributed by atoms with E-state index in [0.29, 0.717) is 0 Å². The van der Waals surface area contributed by atoms with Gasteiger partial charge in [0.25, 0.3) is 10.0 Å². The molecule has 2 aliphatic heterocycles. The minimum atomic E-state index is -5.37. The molecule has 1 radical (unpaired) electrons. The van der Waals surface area contributed by atoms with Crippen LogP contribution in [0.2, 0.25) is 5.28 Å². The molecule has 39 heteroatoms. The first-order valence-electron chi connectivity index (χ1n) is 20.4. The zero-order valence-corrected chi connectivity index (χ0v) is 54.4. The van der Waals surface area contributed by atoms with E-state index in [2.05, 4.69) is 64.9 Å². The number of nitrogens with zero attached hydrogens (tertiary/aromatic N) is 11. The molecule has 5 aromatic carbocycles. The molecule has 0 saturated carbocycles. The number of halogens is 1. The maximum Gasteiger partial charge on any atom is 2.00 e. The largest absolute Gasteiger partial charge is 2.00 e. The Kier molecular flexibility index (Phi) is 19.4. The van der Waals surface area contributed by atoms with E-state index in [4.69, 9.17) is 17.3 Å². The zero-order valence-electron chi connectivity index (χ0n) is 40.6. The molecule has 0 unspecified atom stereocenters. The van der Waals surface area contributed by atoms with Crippen LogP contribution in [0.3, 0.4) is 0 Å². The van der Waals surface area contributed by atoms with Gasteiger partial charge in [-0.2, -0.15) is 15.0 Å². The topological polar surface area (TPSA) is 457 Å². The third-order valence-corrected chi connectivity index (χ3v) is 16.1. The summed E-state index contributed by atoms with van der Waals surface area (Å²) in [4.78, 5) is 43.9. The van der Waals surface area contributed by atoms with Crippen LogP contribution in [-0.2, 0) is 67.6 Å². The Morgan fingerprint density at radius 2 is 0.850 bits per heavy atom. The number of rotatable bonds is 9. The van der Waals surface area contributed by atoms with Gasteiger partial charge in [0.05, 0.1) is 53.5 Å². The Labute approximate surface area is 554 Å². The van der Waals surface area contributed by atoms with E-state index >= 15 is 0 Å². The molecule has 8 bridgehead atoms. The average Bonchev–Trinajstić information content (AvgIpc) is 4.09. The third kappa shape index (κ3) is 12.8. The molecule has 9 aromatic rings. The van der Waals surface area contributed by atoms with Gasteiger partial charge < -0.3 is 59.2 Å². The van der Waals surface area contributed by atoms with E-state index in [9.17, 15) is 60.3 Å². The van der Waals surface area contributed by atoms with Gasteiger partial charge in [0.15, 0.2) is 0 Å². The van der Waals surface area contributed by atoms with Gasteiger partial charge in [-0.3, -0.25) is 4.72 Å². The predicted molar refractivity (Wildman–Crippen MR) is 256 cm³/mol. The standard InChI is InChI=1S/C41H23ClN14O14S5.Cu.4Na/c42-39-53-40(43)55-41(54-39)44-16-1-10-30(75(68,69)70)29(11-16)56-71(57,58)17-2-6-21-25(12-17)35-47-31(21)45-32-23-8-4-19(73(62,63)64)14-27(23)37(49-32)52-38-28-15-20(74(65,66)67)5-9-24(28)34(50-38)46-33-22-7-3-18(72(59,60)61)13-26(22)36(48-33)51-35;;;;;/h1-15,56H,(H7-2,43,44,45,46,47,48,49,50,51,52,53,54,55,59,60,61,62,63,64,65,66,67,68,69,70);;;;;/q-2;+2;4*+1/p-4. The number of hydrogen-bond acceptors (Lipinski definition) is 25. The Bertz CT molecular complexity index is 4860. The van der Waals surface area contributed by atoms with E-state index in [-0.39, 0.29) is 248 Å². The summed E-state index contributed by atoms with van der Waals surface area (Å²) in [5.74, 6) is -1.73. The van der Waals surface area contributed by atoms with Gasteiger partial charge in [-0.05, 0) is 99.9 Å². The minimum absolute atomic E-state index is 0. The van der Waals surface area contributed by atoms with Gasteiger partial charge >= 0.3 is 135 Å². The second kappa shape index (κ2) is 23.7. The summed E-state index contributed by atoms with van der Waals surface area (Å²) in [5.41, 5.74) is 3.53. The Balaban J connectivity index is 0.00000206. The van der Waals surface area contributed by atoms with E-state index < -0.39 is 80.7 Å². The third-order valence-electron chi connectivity index (χ3n) is 11.1. The molecule has 4 aromatic heterocycles. The fourth-order valence-corrected chi connectivity index (χ4v) is 11.3. The van der Waals surface area contributed by atoms with Gasteiger partial charge in [-0.15, -0.1) is 0 Å². The first-order valence-corrected chi connectivity index (χ1v) is 27.9. The maximum absolute atomic E-state index is 14.3. The van der Waals surface area contributed by atoms with Crippen LogP contribution in [0.5, 0.6) is 0 Å². The number of anilines is 4. The first kappa shape index (κ1) is 65.4. The molecule has 11 rings (SSSR count). The number of nitrogens with one attached hydrogen (secondary N) is 2. The van der Waals surface area contributed by atoms with Crippen LogP contribution in [0.15, 0.2) is 115 Å². The molecule has 389 valence electrons. The number of sulfonamides is 1. The summed E-state index contributed by atoms with van der Waals surface area (Å²) in [6, 6.07) is 15.4. The second-order valence-electron chi connectivity index (χ2n) is 15.9. The molecule has 0 spiro atoms. The van der Waals surface area contributed by atoms with Crippen LogP contribution in [0.1, 0.15) is 0 Å². The van der Waals surface area contributed by atoms with Gasteiger partial charge in [-0.25, -0.2) is 52.1 Å². The summed E-state index contributed by atoms with van der Waals surface area (Å²) >= 11 is 5.87. The van der Waals surface area contributed by atoms with Crippen molar-refractivity contribution in [3.63, 3.8) is 0 Å². The molecule has 4 N–H and O–H groups in total. The van der Waals surface area contributed by atoms with Crippen molar-refractivity contribution < 1.29 is 196 Å². The molecule has 0 saturated heterocycles.